The van der Waals surface area contributed by atoms with Gasteiger partial charge < -0.3 is 9.84 Å². The van der Waals surface area contributed by atoms with E-state index in [9.17, 15) is 19.6 Å². The number of phenols is 1. The minimum absolute atomic E-state index is 0.00135. The molecule has 0 bridgehead atoms. The van der Waals surface area contributed by atoms with Crippen molar-refractivity contribution in [3.05, 3.63) is 33.5 Å². The summed E-state index contributed by atoms with van der Waals surface area (Å²) in [6.07, 6.45) is 1.29. The van der Waals surface area contributed by atoms with Crippen LogP contribution in [-0.4, -0.2) is 28.3 Å². The first-order valence-electron chi connectivity index (χ1n) is 5.19. The Morgan fingerprint density at radius 3 is 2.95 bits per heavy atom. The van der Waals surface area contributed by atoms with Gasteiger partial charge in [-0.3, -0.25) is 15.1 Å². The van der Waals surface area contributed by atoms with Gasteiger partial charge in [0, 0.05) is 12.3 Å². The number of alkyl halides is 1. The number of nitro groups is 1. The average molecular weight is 287 g/mol. The molecule has 100 valence electrons. The smallest absolute Gasteiger partial charge is 0.314 e. The maximum atomic E-state index is 12.1. The lowest BCUT2D eigenvalue weighted by Gasteiger charge is -2.09. The molecule has 0 saturated carbocycles. The zero-order chi connectivity index (χ0) is 14.0. The van der Waals surface area contributed by atoms with Crippen molar-refractivity contribution in [1.82, 2.24) is 4.98 Å². The first-order valence-corrected chi connectivity index (χ1v) is 5.57. The SMILES string of the molecule is O=[N+]([O-])c1cc(Cl)c2c(OCCF)ccnc2c1O. The minimum atomic E-state index is -0.766. The van der Waals surface area contributed by atoms with Crippen molar-refractivity contribution in [3.8, 4) is 11.5 Å². The van der Waals surface area contributed by atoms with Gasteiger partial charge in [0.25, 0.3) is 0 Å². The molecule has 1 heterocycles. The number of nitro benzene ring substituents is 1. The van der Waals surface area contributed by atoms with Crippen LogP contribution in [0.15, 0.2) is 18.3 Å². The molecule has 0 aliphatic rings. The quantitative estimate of drug-likeness (QED) is 0.690. The summed E-state index contributed by atoms with van der Waals surface area (Å²) in [4.78, 5) is 13.8. The second kappa shape index (κ2) is 5.23. The molecule has 0 saturated heterocycles. The van der Waals surface area contributed by atoms with Gasteiger partial charge in [0.1, 0.15) is 24.5 Å². The van der Waals surface area contributed by atoms with E-state index < -0.39 is 23.0 Å². The van der Waals surface area contributed by atoms with E-state index in [-0.39, 0.29) is 28.3 Å². The van der Waals surface area contributed by atoms with Crippen LogP contribution in [0.3, 0.4) is 0 Å². The minimum Gasteiger partial charge on any atom is -0.501 e. The maximum absolute atomic E-state index is 12.1. The first-order chi connectivity index (χ1) is 9.06. The van der Waals surface area contributed by atoms with Gasteiger partial charge in [-0.2, -0.15) is 0 Å². The summed E-state index contributed by atoms with van der Waals surface area (Å²) in [7, 11) is 0. The van der Waals surface area contributed by atoms with Gasteiger partial charge in [-0.15, -0.1) is 0 Å². The van der Waals surface area contributed by atoms with Crippen molar-refractivity contribution in [1.29, 1.82) is 0 Å². The van der Waals surface area contributed by atoms with E-state index in [4.69, 9.17) is 16.3 Å². The molecule has 0 aliphatic carbocycles. The van der Waals surface area contributed by atoms with Gasteiger partial charge in [0.05, 0.1) is 15.3 Å². The molecule has 8 heteroatoms. The lowest BCUT2D eigenvalue weighted by molar-refractivity contribution is -0.385. The summed E-state index contributed by atoms with van der Waals surface area (Å²) in [6, 6.07) is 2.44. The number of halogens is 2. The number of ether oxygens (including phenoxy) is 1. The number of pyridine rings is 1. The highest BCUT2D eigenvalue weighted by atomic mass is 35.5. The number of phenolic OH excluding ortho intramolecular Hbond substituents is 1. The number of hydrogen-bond donors (Lipinski definition) is 1. The lowest BCUT2D eigenvalue weighted by Crippen LogP contribution is -2.00. The van der Waals surface area contributed by atoms with Crippen molar-refractivity contribution in [3.63, 3.8) is 0 Å². The van der Waals surface area contributed by atoms with Crippen LogP contribution in [0, 0.1) is 10.1 Å². The van der Waals surface area contributed by atoms with E-state index in [1.807, 2.05) is 0 Å². The molecular formula is C11H8ClFN2O4. The zero-order valence-electron chi connectivity index (χ0n) is 9.47. The Kier molecular flexibility index (Phi) is 3.66. The van der Waals surface area contributed by atoms with Crippen molar-refractivity contribution < 1.29 is 19.2 Å². The highest BCUT2D eigenvalue weighted by Crippen LogP contribution is 2.41. The predicted molar refractivity (Wildman–Crippen MR) is 66.5 cm³/mol. The first kappa shape index (κ1) is 13.3. The third kappa shape index (κ3) is 2.37. The Morgan fingerprint density at radius 2 is 2.32 bits per heavy atom. The van der Waals surface area contributed by atoms with Crippen molar-refractivity contribution in [2.45, 2.75) is 0 Å². The van der Waals surface area contributed by atoms with E-state index >= 15 is 0 Å². The number of aromatic nitrogens is 1. The van der Waals surface area contributed by atoms with Crippen LogP contribution >= 0.6 is 11.6 Å². The summed E-state index contributed by atoms with van der Waals surface area (Å²) < 4.78 is 17.2. The van der Waals surface area contributed by atoms with Gasteiger partial charge in [-0.25, -0.2) is 4.39 Å². The van der Waals surface area contributed by atoms with E-state index in [1.54, 1.807) is 0 Å². The van der Waals surface area contributed by atoms with Crippen LogP contribution in [0.5, 0.6) is 11.5 Å². The molecule has 1 aromatic carbocycles. The number of nitrogens with zero attached hydrogens (tertiary/aromatic N) is 2. The van der Waals surface area contributed by atoms with Crippen molar-refractivity contribution >= 4 is 28.2 Å². The van der Waals surface area contributed by atoms with Crippen LogP contribution in [0.4, 0.5) is 10.1 Å². The summed E-state index contributed by atoms with van der Waals surface area (Å²) in [5, 5.41) is 20.8. The molecule has 0 amide bonds. The Labute approximate surface area is 111 Å². The number of aromatic hydroxyl groups is 1. The van der Waals surface area contributed by atoms with Crippen LogP contribution in [0.1, 0.15) is 0 Å². The third-order valence-electron chi connectivity index (χ3n) is 2.41. The largest absolute Gasteiger partial charge is 0.501 e. The molecule has 1 N–H and O–H groups in total. The van der Waals surface area contributed by atoms with E-state index in [2.05, 4.69) is 4.98 Å². The van der Waals surface area contributed by atoms with Crippen LogP contribution in [0.25, 0.3) is 10.9 Å². The Morgan fingerprint density at radius 1 is 1.58 bits per heavy atom. The fraction of sp³-hybridized carbons (Fsp3) is 0.182. The second-order valence-electron chi connectivity index (χ2n) is 3.55. The van der Waals surface area contributed by atoms with Crippen molar-refractivity contribution in [2.75, 3.05) is 13.3 Å². The maximum Gasteiger partial charge on any atom is 0.314 e. The van der Waals surface area contributed by atoms with Crippen LogP contribution in [-0.2, 0) is 0 Å². The number of hydrogen-bond acceptors (Lipinski definition) is 5. The molecule has 0 aliphatic heterocycles. The summed E-state index contributed by atoms with van der Waals surface area (Å²) >= 11 is 5.93. The molecule has 1 aromatic heterocycles. The van der Waals surface area contributed by atoms with E-state index in [0.717, 1.165) is 6.07 Å². The highest BCUT2D eigenvalue weighted by molar-refractivity contribution is 6.36. The molecular weight excluding hydrogens is 279 g/mol. The standard InChI is InChI=1S/C11H8ClFN2O4/c12-6-5-7(15(17)18)11(16)10-9(6)8(1-3-14-10)19-4-2-13/h1,3,5,16H,2,4H2. The normalized spacial score (nSPS) is 10.6. The molecule has 0 atom stereocenters. The number of fused-ring (bicyclic) bond motifs is 1. The molecule has 2 rings (SSSR count). The summed E-state index contributed by atoms with van der Waals surface area (Å²) in [6.45, 7) is -0.881. The molecule has 0 radical (unpaired) electrons. The van der Waals surface area contributed by atoms with Crippen LogP contribution in [0.2, 0.25) is 5.02 Å². The Bertz CT molecular complexity index is 650. The number of rotatable bonds is 4. The molecule has 19 heavy (non-hydrogen) atoms. The van der Waals surface area contributed by atoms with Gasteiger partial charge in [-0.05, 0) is 6.07 Å². The van der Waals surface area contributed by atoms with Gasteiger partial charge in [-0.1, -0.05) is 11.6 Å². The Hall–Kier alpha value is -2.15. The van der Waals surface area contributed by atoms with Crippen molar-refractivity contribution in [2.24, 2.45) is 0 Å². The van der Waals surface area contributed by atoms with Gasteiger partial charge >= 0.3 is 5.69 Å². The predicted octanol–water partition coefficient (Wildman–Crippen LogP) is 2.85. The molecule has 0 spiro atoms. The van der Waals surface area contributed by atoms with Gasteiger partial charge in [0.2, 0.25) is 5.75 Å². The average Bonchev–Trinajstić information content (AvgIpc) is 2.39. The second-order valence-corrected chi connectivity index (χ2v) is 3.96. The monoisotopic (exact) mass is 286 g/mol. The summed E-state index contributed by atoms with van der Waals surface area (Å²) in [5.41, 5.74) is -0.608. The van der Waals surface area contributed by atoms with Crippen LogP contribution < -0.4 is 4.74 Å². The fourth-order valence-corrected chi connectivity index (χ4v) is 1.93. The summed E-state index contributed by atoms with van der Waals surface area (Å²) in [5.74, 6) is -0.395. The topological polar surface area (TPSA) is 85.5 Å². The molecule has 0 fully saturated rings. The van der Waals surface area contributed by atoms with E-state index in [0.29, 0.717) is 0 Å². The zero-order valence-corrected chi connectivity index (χ0v) is 10.2. The highest BCUT2D eigenvalue weighted by Gasteiger charge is 2.22. The van der Waals surface area contributed by atoms with Gasteiger partial charge in [0.15, 0.2) is 0 Å². The third-order valence-corrected chi connectivity index (χ3v) is 2.71. The lowest BCUT2D eigenvalue weighted by atomic mass is 10.1. The fourth-order valence-electron chi connectivity index (χ4n) is 1.64. The molecule has 6 nitrogen and oxygen atoms in total. The molecule has 0 unspecified atom stereocenters. The van der Waals surface area contributed by atoms with E-state index in [1.165, 1.54) is 12.3 Å². The number of benzene rings is 1. The molecule has 2 aromatic rings. The Balaban J connectivity index is 2.71.